The summed E-state index contributed by atoms with van der Waals surface area (Å²) in [5, 5.41) is 22.4. The third kappa shape index (κ3) is 31.5. The van der Waals surface area contributed by atoms with Crippen molar-refractivity contribution in [1.82, 2.24) is 10.6 Å². The molecule has 0 rings (SSSR count). The second kappa shape index (κ2) is 35.1. The molecule has 0 aromatic carbocycles. The number of allylic oxidation sites excluding steroid dienone is 11. The van der Waals surface area contributed by atoms with Crippen LogP contribution in [0.25, 0.3) is 0 Å². The van der Waals surface area contributed by atoms with Crippen LogP contribution in [0, 0.1) is 0 Å². The molecule has 0 aliphatic carbocycles. The largest absolute Gasteiger partial charge is 0.480 e. The molecule has 0 radical (unpaired) electrons. The minimum atomic E-state index is -1.39. The molecule has 2 unspecified atom stereocenters. The second-order valence-corrected chi connectivity index (χ2v) is 12.3. The Morgan fingerprint density at radius 3 is 1.84 bits per heavy atom. The summed E-state index contributed by atoms with van der Waals surface area (Å²) < 4.78 is 5.84. The number of aliphatic hydroxyl groups excluding tert-OH is 1. The fourth-order valence-electron chi connectivity index (χ4n) is 4.79. The number of nitrogens with one attached hydrogen (secondary N) is 2. The zero-order valence-corrected chi connectivity index (χ0v) is 30.9. The molecule has 0 aliphatic heterocycles. The molecule has 2 amide bonds. The van der Waals surface area contributed by atoms with Gasteiger partial charge in [-0.3, -0.25) is 14.4 Å². The van der Waals surface area contributed by atoms with Gasteiger partial charge in [0, 0.05) is 12.8 Å². The first-order valence-corrected chi connectivity index (χ1v) is 18.8. The molecule has 0 fully saturated rings. The number of rotatable bonds is 32. The molecule has 9 nitrogen and oxygen atoms in total. The monoisotopic (exact) mass is 698 g/mol. The highest BCUT2D eigenvalue weighted by Crippen LogP contribution is 2.14. The lowest BCUT2D eigenvalue weighted by Crippen LogP contribution is -2.47. The maximum Gasteiger partial charge on any atom is 0.328 e. The second-order valence-electron chi connectivity index (χ2n) is 12.3. The number of hydrogen-bond acceptors (Lipinski definition) is 6. The van der Waals surface area contributed by atoms with Crippen LogP contribution in [0.1, 0.15) is 136 Å². The fourth-order valence-corrected chi connectivity index (χ4v) is 4.79. The number of carboxylic acid groups (broad SMARTS) is 1. The summed E-state index contributed by atoms with van der Waals surface area (Å²) in [4.78, 5) is 47.2. The standard InChI is InChI=1S/C41H66N2O7/c1-3-5-7-9-11-13-14-15-16-17-19-25-29-33-40(47)50-36(30-26-22-18-12-10-8-6-4-2)31-27-23-20-21-24-28-32-38(45)42-34-39(46)43-37(35-44)41(48)49/h5,7,11-13,15-16,18-19,25-26,30,36-37,44H,3-4,6,8-10,14,17,20-24,27-29,31-35H2,1-2H3,(H,42,45)(H,43,46)(H,48,49)/b7-5-,13-11-,16-15-,18-12-,25-19-,30-26-. The van der Waals surface area contributed by atoms with Crippen LogP contribution in [-0.4, -0.2) is 59.3 Å². The van der Waals surface area contributed by atoms with Crippen molar-refractivity contribution in [3.05, 3.63) is 72.9 Å². The van der Waals surface area contributed by atoms with E-state index in [1.165, 1.54) is 19.3 Å². The van der Waals surface area contributed by atoms with Crippen LogP contribution in [0.2, 0.25) is 0 Å². The number of aliphatic hydroxyl groups is 1. The number of carboxylic acids is 1. The Morgan fingerprint density at radius 1 is 0.640 bits per heavy atom. The molecule has 0 heterocycles. The van der Waals surface area contributed by atoms with Gasteiger partial charge in [0.1, 0.15) is 12.1 Å². The van der Waals surface area contributed by atoms with Gasteiger partial charge in [0.15, 0.2) is 0 Å². The number of ether oxygens (including phenoxy) is 1. The zero-order chi connectivity index (χ0) is 36.9. The highest BCUT2D eigenvalue weighted by Gasteiger charge is 2.18. The molecule has 0 aromatic heterocycles. The van der Waals surface area contributed by atoms with E-state index in [-0.39, 0.29) is 30.9 Å². The molecule has 0 bridgehead atoms. The summed E-state index contributed by atoms with van der Waals surface area (Å²) in [6, 6.07) is -1.39. The Morgan fingerprint density at radius 2 is 1.22 bits per heavy atom. The average molecular weight is 699 g/mol. The number of aliphatic carboxylic acids is 1. The lowest BCUT2D eigenvalue weighted by molar-refractivity contribution is -0.147. The van der Waals surface area contributed by atoms with Crippen molar-refractivity contribution < 1.29 is 34.1 Å². The Bertz CT molecular complexity index is 1070. The molecule has 4 N–H and O–H groups in total. The van der Waals surface area contributed by atoms with Gasteiger partial charge in [0.2, 0.25) is 11.8 Å². The number of unbranched alkanes of at least 4 members (excludes halogenated alkanes) is 8. The van der Waals surface area contributed by atoms with Crippen molar-refractivity contribution in [3.8, 4) is 0 Å². The molecule has 282 valence electrons. The molecule has 0 spiro atoms. The molecular weight excluding hydrogens is 632 g/mol. The number of carbonyl (C=O) groups excluding carboxylic acids is 3. The van der Waals surface area contributed by atoms with Gasteiger partial charge in [-0.1, -0.05) is 119 Å². The SMILES string of the molecule is CC/C=C\C/C=C\C/C=C\C/C=C\CCC(=O)OC(/C=C\C/C=C\CCCCC)CCCCCCCCC(=O)NCC(=O)NC(CO)C(=O)O. The van der Waals surface area contributed by atoms with E-state index in [4.69, 9.17) is 14.9 Å². The van der Waals surface area contributed by atoms with Crippen LogP contribution in [0.15, 0.2) is 72.9 Å². The first-order valence-electron chi connectivity index (χ1n) is 18.8. The Kier molecular flexibility index (Phi) is 32.5. The fraction of sp³-hybridized carbons (Fsp3) is 0.610. The lowest BCUT2D eigenvalue weighted by atomic mass is 10.1. The molecule has 0 saturated heterocycles. The van der Waals surface area contributed by atoms with E-state index in [1.807, 2.05) is 12.2 Å². The van der Waals surface area contributed by atoms with E-state index >= 15 is 0 Å². The van der Waals surface area contributed by atoms with Gasteiger partial charge in [-0.15, -0.1) is 0 Å². The maximum atomic E-state index is 12.6. The third-order valence-electron chi connectivity index (χ3n) is 7.69. The molecule has 9 heteroatoms. The van der Waals surface area contributed by atoms with Gasteiger partial charge in [0.05, 0.1) is 13.2 Å². The topological polar surface area (TPSA) is 142 Å². The summed E-state index contributed by atoms with van der Waals surface area (Å²) >= 11 is 0. The van der Waals surface area contributed by atoms with Crippen LogP contribution in [0.5, 0.6) is 0 Å². The van der Waals surface area contributed by atoms with Crippen molar-refractivity contribution >= 4 is 23.8 Å². The van der Waals surface area contributed by atoms with Gasteiger partial charge < -0.3 is 25.6 Å². The van der Waals surface area contributed by atoms with Crippen LogP contribution in [0.3, 0.4) is 0 Å². The van der Waals surface area contributed by atoms with E-state index in [0.717, 1.165) is 77.0 Å². The molecule has 0 aliphatic rings. The van der Waals surface area contributed by atoms with E-state index in [1.54, 1.807) is 0 Å². The van der Waals surface area contributed by atoms with Crippen LogP contribution in [-0.2, 0) is 23.9 Å². The minimum absolute atomic E-state index is 0.178. The highest BCUT2D eigenvalue weighted by molar-refractivity contribution is 5.87. The third-order valence-corrected chi connectivity index (χ3v) is 7.69. The van der Waals surface area contributed by atoms with Gasteiger partial charge >= 0.3 is 11.9 Å². The van der Waals surface area contributed by atoms with Crippen molar-refractivity contribution in [2.45, 2.75) is 148 Å². The van der Waals surface area contributed by atoms with Crippen LogP contribution >= 0.6 is 0 Å². The summed E-state index contributed by atoms with van der Waals surface area (Å²) in [7, 11) is 0. The zero-order valence-electron chi connectivity index (χ0n) is 30.9. The first kappa shape index (κ1) is 46.3. The van der Waals surface area contributed by atoms with Crippen LogP contribution in [0.4, 0.5) is 0 Å². The number of amides is 2. The maximum absolute atomic E-state index is 12.6. The van der Waals surface area contributed by atoms with Gasteiger partial charge in [-0.25, -0.2) is 4.79 Å². The van der Waals surface area contributed by atoms with Crippen molar-refractivity contribution in [2.24, 2.45) is 0 Å². The first-order chi connectivity index (χ1) is 24.3. The normalized spacial score (nSPS) is 13.3. The molecule has 50 heavy (non-hydrogen) atoms. The van der Waals surface area contributed by atoms with Gasteiger partial charge in [0.25, 0.3) is 0 Å². The number of esters is 1. The molecular formula is C41H66N2O7. The van der Waals surface area contributed by atoms with Gasteiger partial charge in [-0.2, -0.15) is 0 Å². The summed E-state index contributed by atoms with van der Waals surface area (Å²) in [6.45, 7) is 3.29. The molecule has 0 saturated carbocycles. The number of carbonyl (C=O) groups is 4. The summed E-state index contributed by atoms with van der Waals surface area (Å²) in [5.74, 6) is -2.45. The Balaban J connectivity index is 4.42. The van der Waals surface area contributed by atoms with Gasteiger partial charge in [-0.05, 0) is 76.7 Å². The molecule has 0 aromatic rings. The lowest BCUT2D eigenvalue weighted by Gasteiger charge is -2.14. The van der Waals surface area contributed by atoms with E-state index in [2.05, 4.69) is 85.2 Å². The van der Waals surface area contributed by atoms with Crippen molar-refractivity contribution in [2.75, 3.05) is 13.2 Å². The number of hydrogen-bond donors (Lipinski definition) is 4. The van der Waals surface area contributed by atoms with Crippen molar-refractivity contribution in [1.29, 1.82) is 0 Å². The summed E-state index contributed by atoms with van der Waals surface area (Å²) in [6.07, 6.45) is 42.4. The highest BCUT2D eigenvalue weighted by atomic mass is 16.5. The van der Waals surface area contributed by atoms with Crippen LogP contribution < -0.4 is 10.6 Å². The Labute approximate surface area is 302 Å². The van der Waals surface area contributed by atoms with Crippen molar-refractivity contribution in [3.63, 3.8) is 0 Å². The predicted octanol–water partition coefficient (Wildman–Crippen LogP) is 8.37. The predicted molar refractivity (Wildman–Crippen MR) is 203 cm³/mol. The van der Waals surface area contributed by atoms with E-state index in [0.29, 0.717) is 19.3 Å². The average Bonchev–Trinajstić information content (AvgIpc) is 3.10. The van der Waals surface area contributed by atoms with E-state index in [9.17, 15) is 19.2 Å². The summed E-state index contributed by atoms with van der Waals surface area (Å²) in [5.41, 5.74) is 0. The quantitative estimate of drug-likeness (QED) is 0.0314. The molecule has 2 atom stereocenters. The Hall–Kier alpha value is -3.72. The van der Waals surface area contributed by atoms with E-state index < -0.39 is 24.5 Å². The minimum Gasteiger partial charge on any atom is -0.480 e. The smallest absolute Gasteiger partial charge is 0.328 e.